The van der Waals surface area contributed by atoms with E-state index in [1.807, 2.05) is 30.3 Å². The maximum atomic E-state index is 10.7. The highest BCUT2D eigenvalue weighted by Gasteiger charge is 2.15. The number of carboxylic acids is 1. The van der Waals surface area contributed by atoms with Crippen LogP contribution in [0.3, 0.4) is 0 Å². The van der Waals surface area contributed by atoms with E-state index in [9.17, 15) is 4.79 Å². The third kappa shape index (κ3) is 6.07. The van der Waals surface area contributed by atoms with Gasteiger partial charge in [-0.3, -0.25) is 4.79 Å². The van der Waals surface area contributed by atoms with Crippen molar-refractivity contribution in [1.29, 1.82) is 0 Å². The maximum absolute atomic E-state index is 10.7. The Bertz CT molecular complexity index is 333. The summed E-state index contributed by atoms with van der Waals surface area (Å²) < 4.78 is 5.67. The van der Waals surface area contributed by atoms with Gasteiger partial charge in [-0.2, -0.15) is 0 Å². The first kappa shape index (κ1) is 13.7. The first-order valence-corrected chi connectivity index (χ1v) is 5.95. The first-order valence-electron chi connectivity index (χ1n) is 5.95. The van der Waals surface area contributed by atoms with E-state index in [0.29, 0.717) is 12.5 Å². The minimum absolute atomic E-state index is 0.0744. The van der Waals surface area contributed by atoms with Gasteiger partial charge in [0.1, 0.15) is 0 Å². The molecule has 1 atom stereocenters. The van der Waals surface area contributed by atoms with E-state index in [-0.39, 0.29) is 12.5 Å². The molecule has 0 unspecified atom stereocenters. The van der Waals surface area contributed by atoms with Gasteiger partial charge in [0.05, 0.1) is 19.1 Å². The molecule has 1 aromatic carbocycles. The van der Waals surface area contributed by atoms with Gasteiger partial charge < -0.3 is 9.84 Å². The summed E-state index contributed by atoms with van der Waals surface area (Å²) in [5.41, 5.74) is 1.08. The summed E-state index contributed by atoms with van der Waals surface area (Å²) in [7, 11) is 0. The highest BCUT2D eigenvalue weighted by atomic mass is 16.5. The molecule has 0 aliphatic rings. The summed E-state index contributed by atoms with van der Waals surface area (Å²) in [5.74, 6) is -0.362. The number of aliphatic carboxylic acids is 1. The minimum atomic E-state index is -0.802. The van der Waals surface area contributed by atoms with E-state index in [2.05, 4.69) is 13.8 Å². The SMILES string of the molecule is CC(C)C[C@H](CC(=O)O)OCc1ccccc1. The van der Waals surface area contributed by atoms with Crippen LogP contribution < -0.4 is 0 Å². The summed E-state index contributed by atoms with van der Waals surface area (Å²) in [4.78, 5) is 10.7. The molecular weight excluding hydrogens is 216 g/mol. The molecule has 0 saturated carbocycles. The van der Waals surface area contributed by atoms with Crippen LogP contribution in [0.15, 0.2) is 30.3 Å². The fourth-order valence-electron chi connectivity index (χ4n) is 1.72. The van der Waals surface area contributed by atoms with Crippen LogP contribution in [0.2, 0.25) is 0 Å². The molecule has 17 heavy (non-hydrogen) atoms. The Hall–Kier alpha value is -1.35. The van der Waals surface area contributed by atoms with Crippen LogP contribution in [0.5, 0.6) is 0 Å². The number of carboxylic acid groups (broad SMARTS) is 1. The predicted octanol–water partition coefficient (Wildman–Crippen LogP) is 3.09. The van der Waals surface area contributed by atoms with Gasteiger partial charge >= 0.3 is 5.97 Å². The van der Waals surface area contributed by atoms with Crippen molar-refractivity contribution < 1.29 is 14.6 Å². The molecule has 0 bridgehead atoms. The molecule has 1 N–H and O–H groups in total. The van der Waals surface area contributed by atoms with Crippen LogP contribution in [0, 0.1) is 5.92 Å². The van der Waals surface area contributed by atoms with E-state index in [0.717, 1.165) is 12.0 Å². The van der Waals surface area contributed by atoms with Crippen LogP contribution in [-0.2, 0) is 16.1 Å². The zero-order valence-electron chi connectivity index (χ0n) is 10.4. The Kier molecular flexibility index (Phi) is 5.70. The topological polar surface area (TPSA) is 46.5 Å². The monoisotopic (exact) mass is 236 g/mol. The fourth-order valence-corrected chi connectivity index (χ4v) is 1.72. The third-order valence-electron chi connectivity index (χ3n) is 2.47. The number of benzene rings is 1. The Morgan fingerprint density at radius 3 is 2.47 bits per heavy atom. The van der Waals surface area contributed by atoms with Gasteiger partial charge in [-0.1, -0.05) is 44.2 Å². The second kappa shape index (κ2) is 7.07. The van der Waals surface area contributed by atoms with Crippen molar-refractivity contribution in [2.75, 3.05) is 0 Å². The quantitative estimate of drug-likeness (QED) is 0.791. The van der Waals surface area contributed by atoms with Gasteiger partial charge in [-0.05, 0) is 17.9 Å². The summed E-state index contributed by atoms with van der Waals surface area (Å²) in [6.07, 6.45) is 0.650. The van der Waals surface area contributed by atoms with Gasteiger partial charge in [0.2, 0.25) is 0 Å². The lowest BCUT2D eigenvalue weighted by Gasteiger charge is -2.18. The Labute approximate surface area is 102 Å². The normalized spacial score (nSPS) is 12.6. The van der Waals surface area contributed by atoms with Crippen LogP contribution in [0.25, 0.3) is 0 Å². The molecule has 0 spiro atoms. The summed E-state index contributed by atoms with van der Waals surface area (Å²) in [5, 5.41) is 8.81. The molecule has 94 valence electrons. The van der Waals surface area contributed by atoms with E-state index in [4.69, 9.17) is 9.84 Å². The second-order valence-corrected chi connectivity index (χ2v) is 4.65. The average molecular weight is 236 g/mol. The zero-order chi connectivity index (χ0) is 12.7. The van der Waals surface area contributed by atoms with E-state index in [1.54, 1.807) is 0 Å². The van der Waals surface area contributed by atoms with Gasteiger partial charge in [0.25, 0.3) is 0 Å². The third-order valence-corrected chi connectivity index (χ3v) is 2.47. The van der Waals surface area contributed by atoms with Gasteiger partial charge in [-0.25, -0.2) is 0 Å². The van der Waals surface area contributed by atoms with Crippen molar-refractivity contribution in [3.05, 3.63) is 35.9 Å². The lowest BCUT2D eigenvalue weighted by Crippen LogP contribution is -2.19. The number of ether oxygens (including phenoxy) is 1. The highest BCUT2D eigenvalue weighted by Crippen LogP contribution is 2.14. The lowest BCUT2D eigenvalue weighted by molar-refractivity contribution is -0.140. The number of rotatable bonds is 7. The summed E-state index contributed by atoms with van der Waals surface area (Å²) >= 11 is 0. The molecule has 0 saturated heterocycles. The van der Waals surface area contributed by atoms with Crippen LogP contribution >= 0.6 is 0 Å². The Morgan fingerprint density at radius 1 is 1.29 bits per heavy atom. The number of hydrogen-bond acceptors (Lipinski definition) is 2. The number of hydrogen-bond donors (Lipinski definition) is 1. The van der Waals surface area contributed by atoms with Gasteiger partial charge in [0, 0.05) is 0 Å². The largest absolute Gasteiger partial charge is 0.481 e. The van der Waals surface area contributed by atoms with Crippen LogP contribution in [0.1, 0.15) is 32.3 Å². The van der Waals surface area contributed by atoms with Crippen molar-refractivity contribution in [1.82, 2.24) is 0 Å². The average Bonchev–Trinajstić information content (AvgIpc) is 2.26. The first-order chi connectivity index (χ1) is 8.08. The van der Waals surface area contributed by atoms with E-state index in [1.165, 1.54) is 0 Å². The van der Waals surface area contributed by atoms with Crippen molar-refractivity contribution in [2.45, 2.75) is 39.4 Å². The summed E-state index contributed by atoms with van der Waals surface area (Å²) in [6, 6.07) is 9.81. The van der Waals surface area contributed by atoms with Crippen LogP contribution in [0.4, 0.5) is 0 Å². The smallest absolute Gasteiger partial charge is 0.305 e. The Morgan fingerprint density at radius 2 is 1.94 bits per heavy atom. The molecule has 0 heterocycles. The number of carbonyl (C=O) groups is 1. The van der Waals surface area contributed by atoms with Crippen molar-refractivity contribution in [2.24, 2.45) is 5.92 Å². The minimum Gasteiger partial charge on any atom is -0.481 e. The Balaban J connectivity index is 2.45. The molecule has 0 radical (unpaired) electrons. The molecular formula is C14H20O3. The van der Waals surface area contributed by atoms with Crippen molar-refractivity contribution >= 4 is 5.97 Å². The molecule has 1 rings (SSSR count). The lowest BCUT2D eigenvalue weighted by atomic mass is 10.0. The molecule has 0 aliphatic carbocycles. The molecule has 0 fully saturated rings. The molecule has 0 amide bonds. The van der Waals surface area contributed by atoms with Gasteiger partial charge in [-0.15, -0.1) is 0 Å². The van der Waals surface area contributed by atoms with Crippen LogP contribution in [-0.4, -0.2) is 17.2 Å². The molecule has 0 aliphatic heterocycles. The van der Waals surface area contributed by atoms with Crippen molar-refractivity contribution in [3.8, 4) is 0 Å². The molecule has 1 aromatic rings. The fraction of sp³-hybridized carbons (Fsp3) is 0.500. The summed E-state index contributed by atoms with van der Waals surface area (Å²) in [6.45, 7) is 4.62. The van der Waals surface area contributed by atoms with E-state index < -0.39 is 5.97 Å². The second-order valence-electron chi connectivity index (χ2n) is 4.65. The van der Waals surface area contributed by atoms with Gasteiger partial charge in [0.15, 0.2) is 0 Å². The maximum Gasteiger partial charge on any atom is 0.305 e. The van der Waals surface area contributed by atoms with Crippen molar-refractivity contribution in [3.63, 3.8) is 0 Å². The molecule has 0 aromatic heterocycles. The molecule has 3 nitrogen and oxygen atoms in total. The zero-order valence-corrected chi connectivity index (χ0v) is 10.4. The molecule has 3 heteroatoms. The predicted molar refractivity (Wildman–Crippen MR) is 66.7 cm³/mol. The van der Waals surface area contributed by atoms with E-state index >= 15 is 0 Å². The highest BCUT2D eigenvalue weighted by molar-refractivity contribution is 5.67. The standard InChI is InChI=1S/C14H20O3/c1-11(2)8-13(9-14(15)16)17-10-12-6-4-3-5-7-12/h3-7,11,13H,8-10H2,1-2H3,(H,15,16)/t13-/m1/s1.